The first kappa shape index (κ1) is 15.0. The van der Waals surface area contributed by atoms with Crippen LogP contribution in [0.1, 0.15) is 22.1 Å². The zero-order valence-corrected chi connectivity index (χ0v) is 13.7. The number of carbonyl (C=O) groups is 1. The number of rotatable bonds is 2. The number of nitrogens with one attached hydrogen (secondary N) is 1. The van der Waals surface area contributed by atoms with Gasteiger partial charge in [0.25, 0.3) is 0 Å². The summed E-state index contributed by atoms with van der Waals surface area (Å²) >= 11 is 1.81. The molecule has 1 heterocycles. The van der Waals surface area contributed by atoms with Crippen molar-refractivity contribution in [2.45, 2.75) is 19.2 Å². The number of thioether (sulfide) groups is 1. The largest absolute Gasteiger partial charge is 0.323 e. The van der Waals surface area contributed by atoms with E-state index >= 15 is 0 Å². The van der Waals surface area contributed by atoms with Gasteiger partial charge in [0.05, 0.1) is 0 Å². The molecule has 22 heavy (non-hydrogen) atoms. The summed E-state index contributed by atoms with van der Waals surface area (Å²) in [5.41, 5.74) is 4.39. The Balaban J connectivity index is 1.78. The van der Waals surface area contributed by atoms with E-state index in [1.54, 1.807) is 0 Å². The SMILES string of the molecule is Cc1cccc(NC(=O)N2CCSC2c2ccccc2)c1C. The van der Waals surface area contributed by atoms with E-state index in [1.165, 1.54) is 11.1 Å². The molecule has 0 aromatic heterocycles. The topological polar surface area (TPSA) is 32.3 Å². The van der Waals surface area contributed by atoms with Crippen LogP contribution in [0.25, 0.3) is 0 Å². The van der Waals surface area contributed by atoms with Gasteiger partial charge in [-0.15, -0.1) is 11.8 Å². The van der Waals surface area contributed by atoms with Gasteiger partial charge < -0.3 is 10.2 Å². The van der Waals surface area contributed by atoms with Crippen molar-refractivity contribution in [1.29, 1.82) is 0 Å². The lowest BCUT2D eigenvalue weighted by molar-refractivity contribution is 0.214. The molecular weight excluding hydrogens is 292 g/mol. The molecule has 1 saturated heterocycles. The first-order valence-corrected chi connectivity index (χ1v) is 8.52. The van der Waals surface area contributed by atoms with Crippen LogP contribution in [-0.4, -0.2) is 23.2 Å². The third-order valence-corrected chi connectivity index (χ3v) is 5.34. The van der Waals surface area contributed by atoms with Crippen LogP contribution in [0.5, 0.6) is 0 Å². The molecule has 1 unspecified atom stereocenters. The van der Waals surface area contributed by atoms with Gasteiger partial charge in [-0.2, -0.15) is 0 Å². The molecule has 3 rings (SSSR count). The minimum atomic E-state index is -0.0208. The minimum absolute atomic E-state index is 0.0208. The van der Waals surface area contributed by atoms with E-state index in [4.69, 9.17) is 0 Å². The zero-order chi connectivity index (χ0) is 15.5. The van der Waals surface area contributed by atoms with Crippen molar-refractivity contribution < 1.29 is 4.79 Å². The van der Waals surface area contributed by atoms with Crippen molar-refractivity contribution >= 4 is 23.5 Å². The smallest absolute Gasteiger partial charge is 0.308 e. The molecule has 114 valence electrons. The molecule has 0 bridgehead atoms. The Morgan fingerprint density at radius 3 is 2.68 bits per heavy atom. The molecule has 0 radical (unpaired) electrons. The number of benzene rings is 2. The summed E-state index contributed by atoms with van der Waals surface area (Å²) in [6, 6.07) is 16.2. The summed E-state index contributed by atoms with van der Waals surface area (Å²) in [4.78, 5) is 14.6. The average Bonchev–Trinajstić information content (AvgIpc) is 3.02. The molecular formula is C18H20N2OS. The number of amides is 2. The number of carbonyl (C=O) groups excluding carboxylic acids is 1. The predicted octanol–water partition coefficient (Wildman–Crippen LogP) is 4.58. The second-order valence-corrected chi connectivity index (χ2v) is 6.69. The maximum absolute atomic E-state index is 12.7. The van der Waals surface area contributed by atoms with Crippen LogP contribution in [0.4, 0.5) is 10.5 Å². The number of hydrogen-bond acceptors (Lipinski definition) is 2. The van der Waals surface area contributed by atoms with Crippen molar-refractivity contribution in [3.8, 4) is 0 Å². The normalized spacial score (nSPS) is 17.5. The van der Waals surface area contributed by atoms with Gasteiger partial charge in [-0.3, -0.25) is 0 Å². The molecule has 2 aromatic rings. The monoisotopic (exact) mass is 312 g/mol. The van der Waals surface area contributed by atoms with E-state index in [0.29, 0.717) is 0 Å². The van der Waals surface area contributed by atoms with Gasteiger partial charge in [0.15, 0.2) is 0 Å². The quantitative estimate of drug-likeness (QED) is 0.880. The van der Waals surface area contributed by atoms with Crippen LogP contribution in [0.15, 0.2) is 48.5 Å². The van der Waals surface area contributed by atoms with Crippen LogP contribution in [0, 0.1) is 13.8 Å². The highest BCUT2D eigenvalue weighted by Gasteiger charge is 2.30. The highest BCUT2D eigenvalue weighted by molar-refractivity contribution is 7.99. The summed E-state index contributed by atoms with van der Waals surface area (Å²) in [5.74, 6) is 0.972. The Labute approximate surface area is 135 Å². The lowest BCUT2D eigenvalue weighted by Crippen LogP contribution is -2.34. The van der Waals surface area contributed by atoms with Crippen LogP contribution in [0.2, 0.25) is 0 Å². The Morgan fingerprint density at radius 2 is 1.91 bits per heavy atom. The van der Waals surface area contributed by atoms with Crippen molar-refractivity contribution in [3.63, 3.8) is 0 Å². The summed E-state index contributed by atoms with van der Waals surface area (Å²) in [6.07, 6.45) is 0. The van der Waals surface area contributed by atoms with Gasteiger partial charge in [0, 0.05) is 18.0 Å². The predicted molar refractivity (Wildman–Crippen MR) is 93.3 cm³/mol. The van der Waals surface area contributed by atoms with Crippen LogP contribution < -0.4 is 5.32 Å². The highest BCUT2D eigenvalue weighted by atomic mass is 32.2. The maximum atomic E-state index is 12.7. The Morgan fingerprint density at radius 1 is 1.14 bits per heavy atom. The van der Waals surface area contributed by atoms with E-state index in [0.717, 1.165) is 23.5 Å². The summed E-state index contributed by atoms with van der Waals surface area (Å²) in [6.45, 7) is 4.88. The molecule has 4 heteroatoms. The summed E-state index contributed by atoms with van der Waals surface area (Å²) in [7, 11) is 0. The van der Waals surface area contributed by atoms with E-state index in [2.05, 4.69) is 30.4 Å². The van der Waals surface area contributed by atoms with Gasteiger partial charge in [0.2, 0.25) is 0 Å². The highest BCUT2D eigenvalue weighted by Crippen LogP contribution is 2.38. The molecule has 0 saturated carbocycles. The van der Waals surface area contributed by atoms with Crippen molar-refractivity contribution in [2.24, 2.45) is 0 Å². The van der Waals surface area contributed by atoms with E-state index in [9.17, 15) is 4.79 Å². The second-order valence-electron chi connectivity index (χ2n) is 5.50. The van der Waals surface area contributed by atoms with Crippen molar-refractivity contribution in [1.82, 2.24) is 4.90 Å². The van der Waals surface area contributed by atoms with E-state index in [-0.39, 0.29) is 11.4 Å². The Kier molecular flexibility index (Phi) is 4.39. The molecule has 1 aliphatic rings. The number of hydrogen-bond donors (Lipinski definition) is 1. The fourth-order valence-corrected chi connectivity index (χ4v) is 3.90. The third kappa shape index (κ3) is 2.97. The fourth-order valence-electron chi connectivity index (χ4n) is 2.65. The lowest BCUT2D eigenvalue weighted by Gasteiger charge is -2.25. The van der Waals surface area contributed by atoms with Crippen LogP contribution in [0.3, 0.4) is 0 Å². The molecule has 3 nitrogen and oxygen atoms in total. The number of aryl methyl sites for hydroxylation is 1. The summed E-state index contributed by atoms with van der Waals surface area (Å²) < 4.78 is 0. The van der Waals surface area contributed by atoms with Gasteiger partial charge in [-0.25, -0.2) is 4.79 Å². The summed E-state index contributed by atoms with van der Waals surface area (Å²) in [5, 5.41) is 3.17. The molecule has 1 aliphatic heterocycles. The van der Waals surface area contributed by atoms with Crippen LogP contribution >= 0.6 is 11.8 Å². The first-order chi connectivity index (χ1) is 10.7. The molecule has 1 N–H and O–H groups in total. The molecule has 0 spiro atoms. The van der Waals surface area contributed by atoms with Gasteiger partial charge >= 0.3 is 6.03 Å². The molecule has 1 atom stereocenters. The van der Waals surface area contributed by atoms with E-state index in [1.807, 2.05) is 53.9 Å². The second kappa shape index (κ2) is 6.44. The Hall–Kier alpha value is -1.94. The number of nitrogens with zero attached hydrogens (tertiary/aromatic N) is 1. The van der Waals surface area contributed by atoms with Gasteiger partial charge in [-0.05, 0) is 36.6 Å². The number of anilines is 1. The first-order valence-electron chi connectivity index (χ1n) is 7.47. The van der Waals surface area contributed by atoms with Gasteiger partial charge in [-0.1, -0.05) is 42.5 Å². The molecule has 2 aromatic carbocycles. The average molecular weight is 312 g/mol. The van der Waals surface area contributed by atoms with Crippen molar-refractivity contribution in [2.75, 3.05) is 17.6 Å². The maximum Gasteiger partial charge on any atom is 0.323 e. The van der Waals surface area contributed by atoms with Crippen molar-refractivity contribution in [3.05, 3.63) is 65.2 Å². The van der Waals surface area contributed by atoms with Gasteiger partial charge in [0.1, 0.15) is 5.37 Å². The molecule has 0 aliphatic carbocycles. The Bertz CT molecular complexity index is 672. The standard InChI is InChI=1S/C18H20N2OS/c1-13-7-6-10-16(14(13)2)19-18(21)20-11-12-22-17(20)15-8-4-3-5-9-15/h3-10,17H,11-12H2,1-2H3,(H,19,21). The third-order valence-electron chi connectivity index (χ3n) is 4.08. The molecule has 1 fully saturated rings. The van der Waals surface area contributed by atoms with Crippen LogP contribution in [-0.2, 0) is 0 Å². The number of urea groups is 1. The fraction of sp³-hybridized carbons (Fsp3) is 0.278. The molecule has 2 amide bonds. The van der Waals surface area contributed by atoms with E-state index < -0.39 is 0 Å². The lowest BCUT2D eigenvalue weighted by atomic mass is 10.1. The zero-order valence-electron chi connectivity index (χ0n) is 12.9. The minimum Gasteiger partial charge on any atom is -0.308 e.